The van der Waals surface area contributed by atoms with E-state index in [1.54, 1.807) is 12.1 Å². The summed E-state index contributed by atoms with van der Waals surface area (Å²) < 4.78 is 6.28. The zero-order valence-electron chi connectivity index (χ0n) is 15.3. The van der Waals surface area contributed by atoms with Gasteiger partial charge in [0.05, 0.1) is 14.4 Å². The molecule has 146 valence electrons. The monoisotopic (exact) mass is 478 g/mol. The van der Waals surface area contributed by atoms with E-state index in [1.807, 2.05) is 24.3 Å². The van der Waals surface area contributed by atoms with Crippen molar-refractivity contribution in [3.05, 3.63) is 74.6 Å². The highest BCUT2D eigenvalue weighted by Crippen LogP contribution is 2.37. The summed E-state index contributed by atoms with van der Waals surface area (Å²) in [5.41, 5.74) is 2.83. The molecule has 2 aromatic rings. The smallest absolute Gasteiger partial charge is 0.260 e. The van der Waals surface area contributed by atoms with Gasteiger partial charge in [-0.2, -0.15) is 0 Å². The van der Waals surface area contributed by atoms with Gasteiger partial charge >= 0.3 is 0 Å². The van der Waals surface area contributed by atoms with Crippen LogP contribution >= 0.6 is 39.3 Å². The van der Waals surface area contributed by atoms with Crippen molar-refractivity contribution < 1.29 is 9.53 Å². The Labute approximate surface area is 182 Å². The summed E-state index contributed by atoms with van der Waals surface area (Å²) in [6.45, 7) is 6.11. The molecule has 2 N–H and O–H groups in total. The number of rotatable bonds is 7. The molecule has 0 bridgehead atoms. The summed E-state index contributed by atoms with van der Waals surface area (Å²) in [5.74, 6) is 0.439. The Morgan fingerprint density at radius 3 is 2.75 bits per heavy atom. The molecule has 1 fully saturated rings. The van der Waals surface area contributed by atoms with Crippen LogP contribution in [0.2, 0.25) is 5.02 Å². The highest BCUT2D eigenvalue weighted by molar-refractivity contribution is 9.10. The van der Waals surface area contributed by atoms with E-state index in [1.165, 1.54) is 17.3 Å². The maximum atomic E-state index is 12.3. The van der Waals surface area contributed by atoms with Crippen molar-refractivity contribution in [1.82, 2.24) is 5.32 Å². The van der Waals surface area contributed by atoms with Crippen molar-refractivity contribution in [2.45, 2.75) is 18.8 Å². The van der Waals surface area contributed by atoms with E-state index in [9.17, 15) is 4.79 Å². The number of carbonyl (C=O) groups is 1. The molecule has 1 amide bonds. The Morgan fingerprint density at radius 1 is 1.36 bits per heavy atom. The lowest BCUT2D eigenvalue weighted by Crippen LogP contribution is -2.30. The molecule has 3 rings (SSSR count). The third-order valence-electron chi connectivity index (χ3n) is 4.05. The summed E-state index contributed by atoms with van der Waals surface area (Å²) in [4.78, 5) is 13.0. The molecule has 0 spiro atoms. The van der Waals surface area contributed by atoms with Crippen molar-refractivity contribution in [2.75, 3.05) is 11.9 Å². The van der Waals surface area contributed by atoms with Crippen LogP contribution in [0.1, 0.15) is 18.1 Å². The molecule has 0 aromatic heterocycles. The van der Waals surface area contributed by atoms with Gasteiger partial charge in [0.2, 0.25) is 0 Å². The number of halogens is 2. The van der Waals surface area contributed by atoms with Crippen molar-refractivity contribution in [1.29, 1.82) is 0 Å². The van der Waals surface area contributed by atoms with E-state index >= 15 is 0 Å². The Kier molecular flexibility index (Phi) is 7.10. The maximum absolute atomic E-state index is 12.3. The first-order valence-electron chi connectivity index (χ1n) is 8.77. The Bertz CT molecular complexity index is 892. The van der Waals surface area contributed by atoms with Gasteiger partial charge in [-0.1, -0.05) is 55.1 Å². The number of nitrogens with one attached hydrogen (secondary N) is 2. The zero-order chi connectivity index (χ0) is 20.1. The molecular weight excluding hydrogens is 460 g/mol. The van der Waals surface area contributed by atoms with Crippen molar-refractivity contribution in [2.24, 2.45) is 0 Å². The van der Waals surface area contributed by atoms with Crippen LogP contribution in [0.3, 0.4) is 0 Å². The Hall–Kier alpha value is -1.89. The lowest BCUT2D eigenvalue weighted by molar-refractivity contribution is -0.116. The van der Waals surface area contributed by atoms with Crippen LogP contribution in [-0.2, 0) is 11.2 Å². The van der Waals surface area contributed by atoms with E-state index in [0.29, 0.717) is 22.3 Å². The third kappa shape index (κ3) is 5.13. The van der Waals surface area contributed by atoms with Crippen LogP contribution in [0.4, 0.5) is 5.69 Å². The number of amides is 1. The average molecular weight is 480 g/mol. The first-order valence-corrected chi connectivity index (χ1v) is 10.8. The summed E-state index contributed by atoms with van der Waals surface area (Å²) >= 11 is 11.2. The summed E-state index contributed by atoms with van der Waals surface area (Å²) in [6.07, 6.45) is 4.47. The van der Waals surface area contributed by atoms with E-state index in [4.69, 9.17) is 16.3 Å². The molecule has 28 heavy (non-hydrogen) atoms. The molecule has 1 atom stereocenters. The van der Waals surface area contributed by atoms with E-state index in [2.05, 4.69) is 52.2 Å². The van der Waals surface area contributed by atoms with Crippen LogP contribution < -0.4 is 15.4 Å². The summed E-state index contributed by atoms with van der Waals surface area (Å²) in [7, 11) is 0. The number of aryl methyl sites for hydroxylation is 1. The van der Waals surface area contributed by atoms with Gasteiger partial charge in [0.25, 0.3) is 5.91 Å². The highest BCUT2D eigenvalue weighted by Gasteiger charge is 2.27. The van der Waals surface area contributed by atoms with E-state index in [0.717, 1.165) is 22.1 Å². The fraction of sp³-hybridized carbons (Fsp3) is 0.190. The standard InChI is InChI=1S/C21H20BrClN2O2S/c1-3-9-27-19-16(22)10-14(11-17(19)23)12-18-20(26)25-21(28-18)24-15-7-5-13(4-2)6-8-15/h3,5-8,10-12,21,24H,1,4,9H2,2H3,(H,25,26)/b18-12-/t21-/m0/s1. The van der Waals surface area contributed by atoms with Crippen molar-refractivity contribution in [3.63, 3.8) is 0 Å². The molecule has 2 aromatic carbocycles. The number of hydrogen-bond donors (Lipinski definition) is 2. The van der Waals surface area contributed by atoms with Crippen LogP contribution in [0.5, 0.6) is 5.75 Å². The molecule has 1 heterocycles. The Morgan fingerprint density at radius 2 is 2.11 bits per heavy atom. The van der Waals surface area contributed by atoms with Gasteiger partial charge in [-0.25, -0.2) is 0 Å². The predicted octanol–water partition coefficient (Wildman–Crippen LogP) is 5.83. The molecule has 0 saturated carbocycles. The number of carbonyl (C=O) groups excluding carboxylic acids is 1. The van der Waals surface area contributed by atoms with Gasteiger partial charge in [0.15, 0.2) is 11.2 Å². The first kappa shape index (κ1) is 20.8. The minimum Gasteiger partial charge on any atom is -0.487 e. The van der Waals surface area contributed by atoms with Crippen molar-refractivity contribution in [3.8, 4) is 5.75 Å². The van der Waals surface area contributed by atoms with Crippen LogP contribution in [-0.4, -0.2) is 18.0 Å². The minimum atomic E-state index is -0.222. The van der Waals surface area contributed by atoms with Gasteiger partial charge in [-0.05, 0) is 63.8 Å². The summed E-state index contributed by atoms with van der Waals surface area (Å²) in [5, 5.41) is 6.72. The van der Waals surface area contributed by atoms with E-state index < -0.39 is 0 Å². The number of anilines is 1. The van der Waals surface area contributed by atoms with Crippen molar-refractivity contribution >= 4 is 57.0 Å². The topological polar surface area (TPSA) is 50.4 Å². The first-order chi connectivity index (χ1) is 13.5. The molecule has 7 heteroatoms. The Balaban J connectivity index is 1.72. The predicted molar refractivity (Wildman–Crippen MR) is 122 cm³/mol. The second kappa shape index (κ2) is 9.54. The molecular formula is C21H20BrClN2O2S. The summed E-state index contributed by atoms with van der Waals surface area (Å²) in [6, 6.07) is 11.8. The number of benzene rings is 2. The SMILES string of the molecule is C=CCOc1c(Cl)cc(/C=C2\S[C@@H](Nc3ccc(CC)cc3)NC2=O)cc1Br. The van der Waals surface area contributed by atoms with Gasteiger partial charge in [0, 0.05) is 5.69 Å². The number of hydrogen-bond acceptors (Lipinski definition) is 4. The minimum absolute atomic E-state index is 0.119. The molecule has 1 aliphatic rings. The maximum Gasteiger partial charge on any atom is 0.260 e. The fourth-order valence-corrected chi connectivity index (χ4v) is 4.62. The third-order valence-corrected chi connectivity index (χ3v) is 5.95. The van der Waals surface area contributed by atoms with Crippen LogP contribution in [0.15, 0.2) is 58.4 Å². The second-order valence-corrected chi connectivity index (χ2v) is 8.50. The lowest BCUT2D eigenvalue weighted by atomic mass is 10.1. The van der Waals surface area contributed by atoms with Gasteiger partial charge in [-0.3, -0.25) is 4.79 Å². The number of thioether (sulfide) groups is 1. The van der Waals surface area contributed by atoms with Gasteiger partial charge in [-0.15, -0.1) is 0 Å². The van der Waals surface area contributed by atoms with Gasteiger partial charge < -0.3 is 15.4 Å². The molecule has 0 aliphatic carbocycles. The lowest BCUT2D eigenvalue weighted by Gasteiger charge is -2.13. The average Bonchev–Trinajstić information content (AvgIpc) is 3.00. The van der Waals surface area contributed by atoms with Gasteiger partial charge in [0.1, 0.15) is 6.61 Å². The number of ether oxygens (including phenoxy) is 1. The molecule has 1 aliphatic heterocycles. The van der Waals surface area contributed by atoms with E-state index in [-0.39, 0.29) is 11.4 Å². The second-order valence-electron chi connectivity index (χ2n) is 6.09. The van der Waals surface area contributed by atoms with Crippen LogP contribution in [0, 0.1) is 0 Å². The zero-order valence-corrected chi connectivity index (χ0v) is 18.5. The molecule has 4 nitrogen and oxygen atoms in total. The molecule has 1 saturated heterocycles. The quantitative estimate of drug-likeness (QED) is 0.387. The highest BCUT2D eigenvalue weighted by atomic mass is 79.9. The molecule has 0 radical (unpaired) electrons. The fourth-order valence-electron chi connectivity index (χ4n) is 2.65. The molecule has 0 unspecified atom stereocenters. The largest absolute Gasteiger partial charge is 0.487 e. The normalized spacial score (nSPS) is 17.5. The van der Waals surface area contributed by atoms with Crippen LogP contribution in [0.25, 0.3) is 6.08 Å².